The van der Waals surface area contributed by atoms with Gasteiger partial charge in [0.2, 0.25) is 0 Å². The Morgan fingerprint density at radius 1 is 1.39 bits per heavy atom. The molecule has 0 unspecified atom stereocenters. The minimum absolute atomic E-state index is 0.378. The van der Waals surface area contributed by atoms with Gasteiger partial charge in [0.05, 0.1) is 18.8 Å². The number of aliphatic hydroxyl groups is 2. The minimum atomic E-state index is -1.01. The van der Waals surface area contributed by atoms with Crippen molar-refractivity contribution in [3.63, 3.8) is 0 Å². The number of aliphatic hydroxyl groups excluding tert-OH is 2. The third-order valence-corrected chi connectivity index (χ3v) is 3.43. The second-order valence-corrected chi connectivity index (χ2v) is 4.66. The van der Waals surface area contributed by atoms with Crippen molar-refractivity contribution in [2.24, 2.45) is 0 Å². The normalized spacial score (nSPS) is 32.2. The van der Waals surface area contributed by atoms with E-state index in [0.717, 1.165) is 0 Å². The van der Waals surface area contributed by atoms with E-state index in [2.05, 4.69) is 15.0 Å². The Labute approximate surface area is 107 Å². The summed E-state index contributed by atoms with van der Waals surface area (Å²) in [5, 5.41) is 19.7. The Hall–Kier alpha value is -1.35. The van der Waals surface area contributed by atoms with Gasteiger partial charge in [0.15, 0.2) is 10.9 Å². The van der Waals surface area contributed by atoms with Gasteiger partial charge in [0.25, 0.3) is 0 Å². The molecular formula is C10H12N4O3S. The van der Waals surface area contributed by atoms with Gasteiger partial charge in [0.1, 0.15) is 23.4 Å². The summed E-state index contributed by atoms with van der Waals surface area (Å²) in [4.78, 5) is 11.0. The van der Waals surface area contributed by atoms with Gasteiger partial charge in [-0.15, -0.1) is 0 Å². The van der Waals surface area contributed by atoms with Crippen LogP contribution in [0.4, 0.5) is 0 Å². The molecule has 1 aliphatic heterocycles. The van der Waals surface area contributed by atoms with Gasteiger partial charge in [-0.05, 0) is 6.92 Å². The lowest BCUT2D eigenvalue weighted by atomic mass is 10.1. The molecule has 3 heterocycles. The summed E-state index contributed by atoms with van der Waals surface area (Å²) in [6.45, 7) is 1.71. The molecule has 0 spiro atoms. The average Bonchev–Trinajstić information content (AvgIpc) is 2.88. The van der Waals surface area contributed by atoms with E-state index in [-0.39, 0.29) is 0 Å². The van der Waals surface area contributed by atoms with Crippen molar-refractivity contribution >= 4 is 23.4 Å². The molecule has 0 amide bonds. The third kappa shape index (κ3) is 1.57. The predicted molar refractivity (Wildman–Crippen MR) is 64.3 cm³/mol. The molecule has 4 atom stereocenters. The minimum Gasteiger partial charge on any atom is -0.388 e. The number of nitrogens with one attached hydrogen (secondary N) is 1. The molecule has 3 rings (SSSR count). The van der Waals surface area contributed by atoms with E-state index in [1.54, 1.807) is 11.5 Å². The van der Waals surface area contributed by atoms with E-state index in [1.165, 1.54) is 12.7 Å². The quantitative estimate of drug-likeness (QED) is 0.636. The van der Waals surface area contributed by atoms with Crippen LogP contribution in [0.1, 0.15) is 13.2 Å². The van der Waals surface area contributed by atoms with Crippen molar-refractivity contribution in [3.8, 4) is 0 Å². The zero-order chi connectivity index (χ0) is 12.9. The highest BCUT2D eigenvalue weighted by molar-refractivity contribution is 7.71. The van der Waals surface area contributed by atoms with E-state index < -0.39 is 24.5 Å². The lowest BCUT2D eigenvalue weighted by Crippen LogP contribution is -2.30. The first-order valence-electron chi connectivity index (χ1n) is 5.51. The number of aromatic nitrogens is 4. The maximum absolute atomic E-state index is 9.95. The molecule has 18 heavy (non-hydrogen) atoms. The highest BCUT2D eigenvalue weighted by Crippen LogP contribution is 2.30. The summed E-state index contributed by atoms with van der Waals surface area (Å²) < 4.78 is 7.52. The topological polar surface area (TPSA) is 96.2 Å². The van der Waals surface area contributed by atoms with Crippen LogP contribution in [0, 0.1) is 4.64 Å². The summed E-state index contributed by atoms with van der Waals surface area (Å²) in [5.74, 6) is 0. The van der Waals surface area contributed by atoms with Crippen molar-refractivity contribution in [1.82, 2.24) is 19.5 Å². The van der Waals surface area contributed by atoms with E-state index in [4.69, 9.17) is 17.0 Å². The zero-order valence-electron chi connectivity index (χ0n) is 9.52. The molecule has 1 fully saturated rings. The van der Waals surface area contributed by atoms with Crippen LogP contribution >= 0.6 is 12.2 Å². The molecule has 2 aromatic heterocycles. The van der Waals surface area contributed by atoms with Gasteiger partial charge < -0.3 is 19.9 Å². The average molecular weight is 268 g/mol. The number of nitrogens with zero attached hydrogens (tertiary/aromatic N) is 3. The molecule has 8 heteroatoms. The summed E-state index contributed by atoms with van der Waals surface area (Å²) >= 11 is 5.06. The van der Waals surface area contributed by atoms with Crippen LogP contribution < -0.4 is 0 Å². The van der Waals surface area contributed by atoms with Gasteiger partial charge in [0, 0.05) is 0 Å². The standard InChI is InChI=1S/C10H12N4O3S/c1-4-6(15)7(16)10(17-4)14-3-13-5-8(14)11-2-12-9(5)18/h2-4,6-7,10,15-16H,1H3,(H,11,12,18)/t4-,6-,7-,10+/m0/s1. The molecule has 3 N–H and O–H groups in total. The second kappa shape index (κ2) is 4.09. The number of aromatic amines is 1. The third-order valence-electron chi connectivity index (χ3n) is 3.13. The fourth-order valence-electron chi connectivity index (χ4n) is 2.12. The van der Waals surface area contributed by atoms with Gasteiger partial charge in [-0.2, -0.15) is 0 Å². The first kappa shape index (κ1) is 11.7. The first-order valence-corrected chi connectivity index (χ1v) is 5.92. The largest absolute Gasteiger partial charge is 0.388 e. The van der Waals surface area contributed by atoms with E-state index in [0.29, 0.717) is 15.8 Å². The maximum Gasteiger partial charge on any atom is 0.165 e. The number of imidazole rings is 1. The van der Waals surface area contributed by atoms with Crippen molar-refractivity contribution in [2.75, 3.05) is 0 Å². The number of rotatable bonds is 1. The molecule has 0 saturated carbocycles. The second-order valence-electron chi connectivity index (χ2n) is 4.27. The Morgan fingerprint density at radius 3 is 2.83 bits per heavy atom. The predicted octanol–water partition coefficient (Wildman–Crippen LogP) is 0.128. The molecule has 1 saturated heterocycles. The Bertz CT molecular complexity index is 639. The van der Waals surface area contributed by atoms with E-state index >= 15 is 0 Å². The molecule has 0 aromatic carbocycles. The smallest absolute Gasteiger partial charge is 0.165 e. The first-order chi connectivity index (χ1) is 8.59. The van der Waals surface area contributed by atoms with Gasteiger partial charge in [-0.3, -0.25) is 4.57 Å². The molecule has 96 valence electrons. The van der Waals surface area contributed by atoms with E-state index in [9.17, 15) is 10.2 Å². The van der Waals surface area contributed by atoms with Gasteiger partial charge in [-0.1, -0.05) is 12.2 Å². The van der Waals surface area contributed by atoms with Crippen LogP contribution in [0.15, 0.2) is 12.7 Å². The van der Waals surface area contributed by atoms with Crippen molar-refractivity contribution in [3.05, 3.63) is 17.3 Å². The zero-order valence-corrected chi connectivity index (χ0v) is 10.3. The summed E-state index contributed by atoms with van der Waals surface area (Å²) in [5.41, 5.74) is 1.15. The van der Waals surface area contributed by atoms with E-state index in [1.807, 2.05) is 0 Å². The van der Waals surface area contributed by atoms with Crippen LogP contribution in [-0.4, -0.2) is 48.0 Å². The summed E-state index contributed by atoms with van der Waals surface area (Å²) in [6.07, 6.45) is -0.0773. The van der Waals surface area contributed by atoms with Crippen LogP contribution in [0.3, 0.4) is 0 Å². The number of H-pyrrole nitrogens is 1. The fourth-order valence-corrected chi connectivity index (χ4v) is 2.33. The maximum atomic E-state index is 9.95. The van der Waals surface area contributed by atoms with Crippen LogP contribution in [0.25, 0.3) is 11.2 Å². The monoisotopic (exact) mass is 268 g/mol. The Kier molecular flexibility index (Phi) is 2.67. The van der Waals surface area contributed by atoms with Crippen LogP contribution in [-0.2, 0) is 4.74 Å². The lowest BCUT2D eigenvalue weighted by molar-refractivity contribution is -0.0299. The van der Waals surface area contributed by atoms with Crippen LogP contribution in [0.2, 0.25) is 0 Å². The summed E-state index contributed by atoms with van der Waals surface area (Å²) in [7, 11) is 0. The lowest BCUT2D eigenvalue weighted by Gasteiger charge is -2.16. The molecule has 2 aromatic rings. The molecule has 7 nitrogen and oxygen atoms in total. The molecule has 0 aliphatic carbocycles. The highest BCUT2D eigenvalue weighted by atomic mass is 32.1. The molecule has 0 radical (unpaired) electrons. The number of hydrogen-bond acceptors (Lipinski definition) is 6. The summed E-state index contributed by atoms with van der Waals surface area (Å²) in [6, 6.07) is 0. The molecular weight excluding hydrogens is 256 g/mol. The number of ether oxygens (including phenoxy) is 1. The van der Waals surface area contributed by atoms with Crippen molar-refractivity contribution < 1.29 is 14.9 Å². The van der Waals surface area contributed by atoms with Crippen molar-refractivity contribution in [2.45, 2.75) is 31.5 Å². The molecule has 1 aliphatic rings. The number of hydrogen-bond donors (Lipinski definition) is 3. The number of fused-ring (bicyclic) bond motifs is 1. The Morgan fingerprint density at radius 2 is 2.17 bits per heavy atom. The fraction of sp³-hybridized carbons (Fsp3) is 0.500. The Balaban J connectivity index is 2.11. The van der Waals surface area contributed by atoms with Gasteiger partial charge in [-0.25, -0.2) is 9.97 Å². The SMILES string of the molecule is C[C@@H]1O[C@@H](n2cnc3c(=S)nc[nH]c32)[C@@H](O)[C@H]1O. The van der Waals surface area contributed by atoms with Crippen LogP contribution in [0.5, 0.6) is 0 Å². The molecule has 0 bridgehead atoms. The van der Waals surface area contributed by atoms with Crippen molar-refractivity contribution in [1.29, 1.82) is 0 Å². The van der Waals surface area contributed by atoms with Gasteiger partial charge >= 0.3 is 0 Å². The highest BCUT2D eigenvalue weighted by Gasteiger charge is 2.41.